The van der Waals surface area contributed by atoms with Crippen LogP contribution in [0.3, 0.4) is 0 Å². The molecule has 0 saturated heterocycles. The molecule has 0 bridgehead atoms. The van der Waals surface area contributed by atoms with Crippen molar-refractivity contribution in [3.63, 3.8) is 0 Å². The van der Waals surface area contributed by atoms with Gasteiger partial charge in [0, 0.05) is 18.4 Å². The fourth-order valence-electron chi connectivity index (χ4n) is 1.95. The van der Waals surface area contributed by atoms with Crippen molar-refractivity contribution in [2.75, 3.05) is 0 Å². The maximum Gasteiger partial charge on any atom is 0.142 e. The van der Waals surface area contributed by atoms with Crippen LogP contribution in [0.25, 0.3) is 0 Å². The van der Waals surface area contributed by atoms with Crippen molar-refractivity contribution >= 4 is 11.6 Å². The zero-order chi connectivity index (χ0) is 13.1. The molecular formula is C14H14ClFN2. The Hall–Kier alpha value is -1.45. The molecule has 18 heavy (non-hydrogen) atoms. The van der Waals surface area contributed by atoms with Gasteiger partial charge in [-0.05, 0) is 42.2 Å². The second kappa shape index (κ2) is 5.46. The number of rotatable bonds is 3. The molecule has 4 heteroatoms. The van der Waals surface area contributed by atoms with E-state index in [0.717, 1.165) is 16.7 Å². The number of benzene rings is 1. The molecule has 94 valence electrons. The Labute approximate surface area is 111 Å². The van der Waals surface area contributed by atoms with Gasteiger partial charge in [-0.2, -0.15) is 0 Å². The van der Waals surface area contributed by atoms with Gasteiger partial charge in [-0.15, -0.1) is 0 Å². The van der Waals surface area contributed by atoms with E-state index in [9.17, 15) is 4.39 Å². The molecule has 0 radical (unpaired) electrons. The normalized spacial score (nSPS) is 12.4. The largest absolute Gasteiger partial charge is 0.324 e. The van der Waals surface area contributed by atoms with Crippen LogP contribution >= 0.6 is 11.6 Å². The first-order chi connectivity index (χ1) is 8.59. The molecule has 2 N–H and O–H groups in total. The van der Waals surface area contributed by atoms with E-state index in [4.69, 9.17) is 17.3 Å². The molecule has 1 atom stereocenters. The number of nitrogens with zero attached hydrogens (tertiary/aromatic N) is 1. The summed E-state index contributed by atoms with van der Waals surface area (Å²) in [5.74, 6) is -0.409. The number of pyridine rings is 1. The van der Waals surface area contributed by atoms with Crippen molar-refractivity contribution in [1.29, 1.82) is 0 Å². The molecule has 2 rings (SSSR count). The minimum absolute atomic E-state index is 0.152. The average Bonchev–Trinajstić information content (AvgIpc) is 2.35. The summed E-state index contributed by atoms with van der Waals surface area (Å²) in [6.07, 6.45) is 3.97. The zero-order valence-corrected chi connectivity index (χ0v) is 10.8. The van der Waals surface area contributed by atoms with Crippen molar-refractivity contribution in [2.45, 2.75) is 19.4 Å². The molecule has 0 aliphatic heterocycles. The summed E-state index contributed by atoms with van der Waals surface area (Å²) >= 11 is 5.92. The van der Waals surface area contributed by atoms with E-state index in [-0.39, 0.29) is 11.1 Å². The van der Waals surface area contributed by atoms with Gasteiger partial charge in [0.05, 0.1) is 5.02 Å². The quantitative estimate of drug-likeness (QED) is 0.923. The minimum Gasteiger partial charge on any atom is -0.324 e. The predicted octanol–water partition coefficient (Wildman–Crippen LogP) is 3.43. The number of hydrogen-bond donors (Lipinski definition) is 1. The van der Waals surface area contributed by atoms with E-state index in [0.29, 0.717) is 6.42 Å². The maximum absolute atomic E-state index is 13.3. The Balaban J connectivity index is 2.24. The molecule has 1 heterocycles. The first-order valence-corrected chi connectivity index (χ1v) is 6.06. The summed E-state index contributed by atoms with van der Waals surface area (Å²) in [4.78, 5) is 4.02. The molecule has 0 amide bonds. The van der Waals surface area contributed by atoms with Crippen LogP contribution in [0, 0.1) is 12.7 Å². The Morgan fingerprint density at radius 1 is 1.39 bits per heavy atom. The van der Waals surface area contributed by atoms with Crippen molar-refractivity contribution < 1.29 is 4.39 Å². The van der Waals surface area contributed by atoms with E-state index < -0.39 is 5.82 Å². The molecule has 0 spiro atoms. The van der Waals surface area contributed by atoms with E-state index >= 15 is 0 Å². The smallest absolute Gasteiger partial charge is 0.142 e. The summed E-state index contributed by atoms with van der Waals surface area (Å²) in [6, 6.07) is 6.44. The van der Waals surface area contributed by atoms with Gasteiger partial charge in [-0.1, -0.05) is 23.7 Å². The molecule has 1 aromatic heterocycles. The highest BCUT2D eigenvalue weighted by molar-refractivity contribution is 6.31. The lowest BCUT2D eigenvalue weighted by Crippen LogP contribution is -2.15. The minimum atomic E-state index is -0.409. The number of halogens is 2. The van der Waals surface area contributed by atoms with E-state index in [1.807, 2.05) is 13.0 Å². The summed E-state index contributed by atoms with van der Waals surface area (Å²) < 4.78 is 13.3. The third-order valence-corrected chi connectivity index (χ3v) is 3.36. The van der Waals surface area contributed by atoms with E-state index in [2.05, 4.69) is 4.98 Å². The average molecular weight is 265 g/mol. The highest BCUT2D eigenvalue weighted by Gasteiger charge is 2.13. The second-order valence-electron chi connectivity index (χ2n) is 4.26. The van der Waals surface area contributed by atoms with Crippen LogP contribution in [-0.2, 0) is 6.42 Å². The third-order valence-electron chi connectivity index (χ3n) is 2.93. The highest BCUT2D eigenvalue weighted by Crippen LogP contribution is 2.25. The fourth-order valence-corrected chi connectivity index (χ4v) is 2.16. The van der Waals surface area contributed by atoms with Gasteiger partial charge in [0.2, 0.25) is 0 Å². The van der Waals surface area contributed by atoms with Crippen LogP contribution in [0.15, 0.2) is 36.7 Å². The Morgan fingerprint density at radius 2 is 2.17 bits per heavy atom. The molecule has 1 aromatic carbocycles. The van der Waals surface area contributed by atoms with Gasteiger partial charge in [-0.25, -0.2) is 4.39 Å². The highest BCUT2D eigenvalue weighted by atomic mass is 35.5. The SMILES string of the molecule is Cc1cnccc1C(N)Cc1cccc(F)c1Cl. The topological polar surface area (TPSA) is 38.9 Å². The summed E-state index contributed by atoms with van der Waals surface area (Å²) in [5, 5.41) is 0.152. The van der Waals surface area contributed by atoms with E-state index in [1.165, 1.54) is 6.07 Å². The first-order valence-electron chi connectivity index (χ1n) is 5.68. The molecule has 2 aromatic rings. The van der Waals surface area contributed by atoms with E-state index in [1.54, 1.807) is 24.5 Å². The number of hydrogen-bond acceptors (Lipinski definition) is 2. The summed E-state index contributed by atoms with van der Waals surface area (Å²) in [7, 11) is 0. The van der Waals surface area contributed by atoms with Gasteiger partial charge in [0.25, 0.3) is 0 Å². The number of aryl methyl sites for hydroxylation is 1. The Morgan fingerprint density at radius 3 is 2.89 bits per heavy atom. The van der Waals surface area contributed by atoms with Crippen molar-refractivity contribution in [3.05, 3.63) is 64.2 Å². The van der Waals surface area contributed by atoms with Gasteiger partial charge < -0.3 is 5.73 Å². The lowest BCUT2D eigenvalue weighted by Gasteiger charge is -2.15. The van der Waals surface area contributed by atoms with Crippen LogP contribution in [0.5, 0.6) is 0 Å². The fraction of sp³-hybridized carbons (Fsp3) is 0.214. The lowest BCUT2D eigenvalue weighted by molar-refractivity contribution is 0.622. The molecular weight excluding hydrogens is 251 g/mol. The lowest BCUT2D eigenvalue weighted by atomic mass is 9.97. The van der Waals surface area contributed by atoms with Crippen molar-refractivity contribution in [3.8, 4) is 0 Å². The third kappa shape index (κ3) is 2.68. The van der Waals surface area contributed by atoms with Crippen LogP contribution in [0.1, 0.15) is 22.7 Å². The maximum atomic E-state index is 13.3. The van der Waals surface area contributed by atoms with Crippen molar-refractivity contribution in [1.82, 2.24) is 4.98 Å². The Bertz CT molecular complexity index is 557. The van der Waals surface area contributed by atoms with Gasteiger partial charge in [-0.3, -0.25) is 4.98 Å². The first kappa shape index (κ1) is 13.0. The molecule has 0 aliphatic rings. The van der Waals surface area contributed by atoms with Gasteiger partial charge in [0.15, 0.2) is 0 Å². The monoisotopic (exact) mass is 264 g/mol. The van der Waals surface area contributed by atoms with Crippen LogP contribution < -0.4 is 5.73 Å². The zero-order valence-electron chi connectivity index (χ0n) is 10.0. The molecule has 0 fully saturated rings. The molecule has 2 nitrogen and oxygen atoms in total. The molecule has 1 unspecified atom stereocenters. The second-order valence-corrected chi connectivity index (χ2v) is 4.63. The standard InChI is InChI=1S/C14H14ClFN2/c1-9-8-18-6-5-11(9)13(17)7-10-3-2-4-12(16)14(10)15/h2-6,8,13H,7,17H2,1H3. The Kier molecular flexibility index (Phi) is 3.94. The van der Waals surface area contributed by atoms with Gasteiger partial charge >= 0.3 is 0 Å². The van der Waals surface area contributed by atoms with Crippen LogP contribution in [0.2, 0.25) is 5.02 Å². The number of aromatic nitrogens is 1. The van der Waals surface area contributed by atoms with Crippen molar-refractivity contribution in [2.24, 2.45) is 5.73 Å². The van der Waals surface area contributed by atoms with Gasteiger partial charge in [0.1, 0.15) is 5.82 Å². The van der Waals surface area contributed by atoms with Crippen LogP contribution in [-0.4, -0.2) is 4.98 Å². The summed E-state index contributed by atoms with van der Waals surface area (Å²) in [5.41, 5.74) is 8.89. The summed E-state index contributed by atoms with van der Waals surface area (Å²) in [6.45, 7) is 1.95. The predicted molar refractivity (Wildman–Crippen MR) is 71.0 cm³/mol. The van der Waals surface area contributed by atoms with Crippen LogP contribution in [0.4, 0.5) is 4.39 Å². The number of nitrogens with two attached hydrogens (primary N) is 1. The molecule has 0 saturated carbocycles. The molecule has 0 aliphatic carbocycles.